The van der Waals surface area contributed by atoms with Crippen molar-refractivity contribution in [1.29, 1.82) is 0 Å². The molecule has 0 amide bonds. The molecule has 1 fully saturated rings. The number of rotatable bonds is 3. The smallest absolute Gasteiger partial charge is 0.148 e. The Labute approximate surface area is 92.7 Å². The Balaban J connectivity index is 1.88. The van der Waals surface area contributed by atoms with Crippen molar-refractivity contribution < 1.29 is 0 Å². The molecule has 1 aromatic heterocycles. The van der Waals surface area contributed by atoms with Gasteiger partial charge in [-0.05, 0) is 23.8 Å². The van der Waals surface area contributed by atoms with E-state index < -0.39 is 0 Å². The Morgan fingerprint density at radius 1 is 1.64 bits per heavy atom. The molecular formula is C9H12ClN3S. The minimum absolute atomic E-state index is 0.596. The van der Waals surface area contributed by atoms with Gasteiger partial charge in [0.25, 0.3) is 0 Å². The number of aromatic nitrogens is 2. The second-order valence-electron chi connectivity index (χ2n) is 3.33. The summed E-state index contributed by atoms with van der Waals surface area (Å²) in [6, 6.07) is 0. The Hall–Kier alpha value is -0.480. The summed E-state index contributed by atoms with van der Waals surface area (Å²) < 4.78 is 0. The summed E-state index contributed by atoms with van der Waals surface area (Å²) in [6.45, 7) is 0.962. The van der Waals surface area contributed by atoms with E-state index in [1.807, 2.05) is 11.8 Å². The van der Waals surface area contributed by atoms with Gasteiger partial charge in [-0.1, -0.05) is 11.6 Å². The molecular weight excluding hydrogens is 218 g/mol. The van der Waals surface area contributed by atoms with Crippen molar-refractivity contribution in [3.63, 3.8) is 0 Å². The van der Waals surface area contributed by atoms with E-state index in [0.717, 1.165) is 18.3 Å². The molecule has 1 unspecified atom stereocenters. The molecule has 76 valence electrons. The second kappa shape index (κ2) is 4.84. The van der Waals surface area contributed by atoms with Crippen molar-refractivity contribution in [2.24, 2.45) is 5.92 Å². The molecule has 0 bridgehead atoms. The highest BCUT2D eigenvalue weighted by molar-refractivity contribution is 7.99. The number of anilines is 1. The summed E-state index contributed by atoms with van der Waals surface area (Å²) in [7, 11) is 0. The van der Waals surface area contributed by atoms with Crippen molar-refractivity contribution in [1.82, 2.24) is 9.97 Å². The Bertz CT molecular complexity index is 302. The molecule has 5 heteroatoms. The van der Waals surface area contributed by atoms with E-state index in [1.54, 1.807) is 6.20 Å². The van der Waals surface area contributed by atoms with Gasteiger partial charge in [-0.25, -0.2) is 9.97 Å². The predicted molar refractivity (Wildman–Crippen MR) is 61.0 cm³/mol. The topological polar surface area (TPSA) is 37.8 Å². The summed E-state index contributed by atoms with van der Waals surface area (Å²) in [4.78, 5) is 7.92. The molecule has 1 N–H and O–H groups in total. The van der Waals surface area contributed by atoms with Crippen LogP contribution in [0.5, 0.6) is 0 Å². The first kappa shape index (κ1) is 10.1. The lowest BCUT2D eigenvalue weighted by Gasteiger charge is -2.10. The lowest BCUT2D eigenvalue weighted by Crippen LogP contribution is -2.14. The quantitative estimate of drug-likeness (QED) is 0.863. The zero-order valence-electron chi connectivity index (χ0n) is 7.74. The van der Waals surface area contributed by atoms with Gasteiger partial charge in [0.1, 0.15) is 17.2 Å². The van der Waals surface area contributed by atoms with Crippen LogP contribution >= 0.6 is 23.4 Å². The van der Waals surface area contributed by atoms with E-state index in [9.17, 15) is 0 Å². The first-order valence-electron chi connectivity index (χ1n) is 4.63. The van der Waals surface area contributed by atoms with E-state index in [1.165, 1.54) is 24.3 Å². The van der Waals surface area contributed by atoms with Crippen LogP contribution in [0.25, 0.3) is 0 Å². The van der Waals surface area contributed by atoms with Crippen LogP contribution < -0.4 is 5.32 Å². The van der Waals surface area contributed by atoms with Gasteiger partial charge in [0.2, 0.25) is 0 Å². The van der Waals surface area contributed by atoms with Crippen molar-refractivity contribution in [2.45, 2.75) is 6.42 Å². The minimum Gasteiger partial charge on any atom is -0.368 e. The van der Waals surface area contributed by atoms with E-state index in [-0.39, 0.29) is 0 Å². The maximum absolute atomic E-state index is 5.92. The lowest BCUT2D eigenvalue weighted by molar-refractivity contribution is 0.630. The number of hydrogen-bond donors (Lipinski definition) is 1. The average molecular weight is 230 g/mol. The van der Waals surface area contributed by atoms with Crippen molar-refractivity contribution in [3.8, 4) is 0 Å². The van der Waals surface area contributed by atoms with Crippen molar-refractivity contribution >= 4 is 29.2 Å². The third kappa shape index (κ3) is 2.51. The van der Waals surface area contributed by atoms with Gasteiger partial charge >= 0.3 is 0 Å². The third-order valence-electron chi connectivity index (χ3n) is 2.25. The first-order valence-corrected chi connectivity index (χ1v) is 6.16. The zero-order chi connectivity index (χ0) is 9.80. The number of nitrogens with zero attached hydrogens (tertiary/aromatic N) is 2. The molecule has 0 aliphatic carbocycles. The molecule has 0 spiro atoms. The van der Waals surface area contributed by atoms with Gasteiger partial charge in [0.15, 0.2) is 0 Å². The molecule has 1 saturated heterocycles. The largest absolute Gasteiger partial charge is 0.368 e. The Morgan fingerprint density at radius 3 is 3.29 bits per heavy atom. The van der Waals surface area contributed by atoms with Gasteiger partial charge in [-0.3, -0.25) is 0 Å². The molecule has 2 rings (SSSR count). The predicted octanol–water partition coefficient (Wildman–Crippen LogP) is 2.29. The normalized spacial score (nSPS) is 21.1. The number of halogens is 1. The molecule has 3 nitrogen and oxygen atoms in total. The Morgan fingerprint density at radius 2 is 2.57 bits per heavy atom. The van der Waals surface area contributed by atoms with Gasteiger partial charge in [-0.15, -0.1) is 0 Å². The van der Waals surface area contributed by atoms with Crippen LogP contribution in [-0.4, -0.2) is 28.0 Å². The number of hydrogen-bond acceptors (Lipinski definition) is 4. The van der Waals surface area contributed by atoms with Crippen LogP contribution in [0.2, 0.25) is 5.02 Å². The summed E-state index contributed by atoms with van der Waals surface area (Å²) in [5.41, 5.74) is 0. The molecule has 0 aromatic carbocycles. The summed E-state index contributed by atoms with van der Waals surface area (Å²) in [5.74, 6) is 4.03. The Kier molecular flexibility index (Phi) is 3.48. The van der Waals surface area contributed by atoms with Crippen molar-refractivity contribution in [2.75, 3.05) is 23.4 Å². The third-order valence-corrected chi connectivity index (χ3v) is 3.76. The SMILES string of the molecule is Clc1cncnc1NCC1CCSC1. The maximum Gasteiger partial charge on any atom is 0.148 e. The highest BCUT2D eigenvalue weighted by Gasteiger charge is 2.15. The molecule has 0 saturated carbocycles. The molecule has 1 atom stereocenters. The highest BCUT2D eigenvalue weighted by atomic mass is 35.5. The van der Waals surface area contributed by atoms with Gasteiger partial charge in [-0.2, -0.15) is 11.8 Å². The molecule has 1 aliphatic heterocycles. The summed E-state index contributed by atoms with van der Waals surface area (Å²) in [6.07, 6.45) is 4.41. The second-order valence-corrected chi connectivity index (χ2v) is 4.89. The molecule has 1 aromatic rings. The van der Waals surface area contributed by atoms with Gasteiger partial charge in [0.05, 0.1) is 6.20 Å². The van der Waals surface area contributed by atoms with Crippen LogP contribution in [0.1, 0.15) is 6.42 Å². The molecule has 0 radical (unpaired) electrons. The molecule has 14 heavy (non-hydrogen) atoms. The fourth-order valence-electron chi connectivity index (χ4n) is 1.43. The standard InChI is InChI=1S/C9H12ClN3S/c10-8-4-11-6-13-9(8)12-3-7-1-2-14-5-7/h4,6-7H,1-3,5H2,(H,11,12,13). The van der Waals surface area contributed by atoms with Gasteiger partial charge < -0.3 is 5.32 Å². The minimum atomic E-state index is 0.596. The zero-order valence-corrected chi connectivity index (χ0v) is 9.31. The van der Waals surface area contributed by atoms with Gasteiger partial charge in [0, 0.05) is 6.54 Å². The fourth-order valence-corrected chi connectivity index (χ4v) is 2.88. The summed E-state index contributed by atoms with van der Waals surface area (Å²) >= 11 is 7.93. The monoisotopic (exact) mass is 229 g/mol. The van der Waals surface area contributed by atoms with E-state index >= 15 is 0 Å². The average Bonchev–Trinajstić information content (AvgIpc) is 2.69. The van der Waals surface area contributed by atoms with E-state index in [2.05, 4.69) is 15.3 Å². The van der Waals surface area contributed by atoms with Crippen LogP contribution in [0, 0.1) is 5.92 Å². The van der Waals surface area contributed by atoms with Crippen LogP contribution in [0.15, 0.2) is 12.5 Å². The fraction of sp³-hybridized carbons (Fsp3) is 0.556. The van der Waals surface area contributed by atoms with Crippen molar-refractivity contribution in [3.05, 3.63) is 17.5 Å². The lowest BCUT2D eigenvalue weighted by atomic mass is 10.1. The first-order chi connectivity index (χ1) is 6.86. The van der Waals surface area contributed by atoms with E-state index in [4.69, 9.17) is 11.6 Å². The summed E-state index contributed by atoms with van der Waals surface area (Å²) in [5, 5.41) is 3.85. The maximum atomic E-state index is 5.92. The van der Waals surface area contributed by atoms with Crippen LogP contribution in [0.4, 0.5) is 5.82 Å². The van der Waals surface area contributed by atoms with Crippen LogP contribution in [-0.2, 0) is 0 Å². The van der Waals surface area contributed by atoms with E-state index in [0.29, 0.717) is 5.02 Å². The molecule has 1 aliphatic rings. The number of thioether (sulfide) groups is 1. The highest BCUT2D eigenvalue weighted by Crippen LogP contribution is 2.24. The molecule has 2 heterocycles. The van der Waals surface area contributed by atoms with Crippen LogP contribution in [0.3, 0.4) is 0 Å². The number of nitrogens with one attached hydrogen (secondary N) is 1.